The van der Waals surface area contributed by atoms with Crippen molar-refractivity contribution in [3.05, 3.63) is 77.2 Å². The summed E-state index contributed by atoms with van der Waals surface area (Å²) in [6, 6.07) is 10.7. The maximum atomic E-state index is 12.6. The van der Waals surface area contributed by atoms with Crippen molar-refractivity contribution in [1.82, 2.24) is 14.9 Å². The van der Waals surface area contributed by atoms with E-state index in [0.717, 1.165) is 21.7 Å². The Bertz CT molecular complexity index is 1120. The number of hydrogen-bond acceptors (Lipinski definition) is 5. The first-order valence-corrected chi connectivity index (χ1v) is 9.06. The Morgan fingerprint density at radius 1 is 1.10 bits per heavy atom. The van der Waals surface area contributed by atoms with Crippen molar-refractivity contribution in [3.8, 4) is 11.3 Å². The van der Waals surface area contributed by atoms with Gasteiger partial charge in [-0.25, -0.2) is 0 Å². The molecule has 3 heterocycles. The summed E-state index contributed by atoms with van der Waals surface area (Å²) in [7, 11) is 1.44. The number of imide groups is 1. The molecule has 0 fully saturated rings. The molecule has 3 aromatic rings. The molecule has 3 amide bonds. The molecule has 4 rings (SSSR count). The molecular weight excluding hydrogens is 368 g/mol. The third-order valence-corrected chi connectivity index (χ3v) is 4.77. The summed E-state index contributed by atoms with van der Waals surface area (Å²) >= 11 is 0. The van der Waals surface area contributed by atoms with Crippen LogP contribution < -0.4 is 5.32 Å². The SMILES string of the molecule is Cc1cc(CC(=O)Nc2ccc(-c3cccnc3)nc2)c2c(c1)C(=O)N(C)C2=O. The van der Waals surface area contributed by atoms with Gasteiger partial charge in [-0.05, 0) is 48.4 Å². The number of rotatable bonds is 4. The van der Waals surface area contributed by atoms with E-state index in [1.165, 1.54) is 7.05 Å². The summed E-state index contributed by atoms with van der Waals surface area (Å²) in [5.41, 5.74) is 4.20. The van der Waals surface area contributed by atoms with Crippen molar-refractivity contribution in [1.29, 1.82) is 0 Å². The van der Waals surface area contributed by atoms with Gasteiger partial charge in [-0.2, -0.15) is 0 Å². The van der Waals surface area contributed by atoms with Gasteiger partial charge in [0.15, 0.2) is 0 Å². The highest BCUT2D eigenvalue weighted by Gasteiger charge is 2.35. The number of aromatic nitrogens is 2. The van der Waals surface area contributed by atoms with Crippen LogP contribution in [0.5, 0.6) is 0 Å². The Kier molecular flexibility index (Phi) is 4.64. The molecule has 0 unspecified atom stereocenters. The number of fused-ring (bicyclic) bond motifs is 1. The van der Waals surface area contributed by atoms with Crippen LogP contribution in [-0.4, -0.2) is 39.6 Å². The minimum atomic E-state index is -0.379. The molecule has 144 valence electrons. The predicted octanol–water partition coefficient (Wildman–Crippen LogP) is 2.86. The number of pyridine rings is 2. The number of carbonyl (C=O) groups excluding carboxylic acids is 3. The number of anilines is 1. The lowest BCUT2D eigenvalue weighted by molar-refractivity contribution is -0.115. The molecule has 0 atom stereocenters. The second-order valence-electron chi connectivity index (χ2n) is 6.91. The molecule has 1 N–H and O–H groups in total. The summed E-state index contributed by atoms with van der Waals surface area (Å²) in [5.74, 6) is -1.01. The zero-order valence-corrected chi connectivity index (χ0v) is 16.0. The average Bonchev–Trinajstić information content (AvgIpc) is 2.93. The van der Waals surface area contributed by atoms with E-state index in [1.807, 2.05) is 19.1 Å². The van der Waals surface area contributed by atoms with Gasteiger partial charge in [-0.1, -0.05) is 6.07 Å². The molecule has 0 aliphatic carbocycles. The summed E-state index contributed by atoms with van der Waals surface area (Å²) in [6.07, 6.45) is 4.97. The van der Waals surface area contributed by atoms with Crippen molar-refractivity contribution in [2.75, 3.05) is 12.4 Å². The number of hydrogen-bond donors (Lipinski definition) is 1. The van der Waals surface area contributed by atoms with Crippen LogP contribution >= 0.6 is 0 Å². The van der Waals surface area contributed by atoms with Gasteiger partial charge < -0.3 is 5.32 Å². The zero-order chi connectivity index (χ0) is 20.5. The fourth-order valence-corrected chi connectivity index (χ4v) is 3.39. The summed E-state index contributed by atoms with van der Waals surface area (Å²) < 4.78 is 0. The molecule has 0 saturated heterocycles. The minimum Gasteiger partial charge on any atom is -0.324 e. The second-order valence-corrected chi connectivity index (χ2v) is 6.91. The summed E-state index contributed by atoms with van der Waals surface area (Å²) in [4.78, 5) is 46.7. The topological polar surface area (TPSA) is 92.3 Å². The van der Waals surface area contributed by atoms with E-state index >= 15 is 0 Å². The van der Waals surface area contributed by atoms with Crippen LogP contribution in [0, 0.1) is 6.92 Å². The first-order valence-electron chi connectivity index (χ1n) is 9.06. The van der Waals surface area contributed by atoms with Crippen LogP contribution in [0.25, 0.3) is 11.3 Å². The molecular formula is C22H18N4O3. The lowest BCUT2D eigenvalue weighted by Crippen LogP contribution is -2.24. The molecule has 1 aliphatic rings. The van der Waals surface area contributed by atoms with Gasteiger partial charge >= 0.3 is 0 Å². The van der Waals surface area contributed by atoms with Crippen LogP contribution in [0.4, 0.5) is 5.69 Å². The van der Waals surface area contributed by atoms with Crippen molar-refractivity contribution >= 4 is 23.4 Å². The predicted molar refractivity (Wildman–Crippen MR) is 107 cm³/mol. The number of carbonyl (C=O) groups is 3. The molecule has 1 aromatic carbocycles. The smallest absolute Gasteiger partial charge is 0.261 e. The first-order chi connectivity index (χ1) is 13.9. The van der Waals surface area contributed by atoms with E-state index < -0.39 is 0 Å². The van der Waals surface area contributed by atoms with E-state index in [-0.39, 0.29) is 24.1 Å². The molecule has 0 saturated carbocycles. The molecule has 7 nitrogen and oxygen atoms in total. The van der Waals surface area contributed by atoms with E-state index in [4.69, 9.17) is 0 Å². The van der Waals surface area contributed by atoms with Crippen LogP contribution in [0.1, 0.15) is 31.8 Å². The van der Waals surface area contributed by atoms with Crippen LogP contribution in [-0.2, 0) is 11.2 Å². The zero-order valence-electron chi connectivity index (χ0n) is 16.0. The van der Waals surface area contributed by atoms with Crippen molar-refractivity contribution in [2.45, 2.75) is 13.3 Å². The molecule has 0 bridgehead atoms. The Balaban J connectivity index is 1.52. The van der Waals surface area contributed by atoms with Gasteiger partial charge in [0.25, 0.3) is 11.8 Å². The largest absolute Gasteiger partial charge is 0.324 e. The van der Waals surface area contributed by atoms with E-state index in [2.05, 4.69) is 15.3 Å². The second kappa shape index (κ2) is 7.27. The number of amides is 3. The van der Waals surface area contributed by atoms with E-state index in [9.17, 15) is 14.4 Å². The lowest BCUT2D eigenvalue weighted by atomic mass is 9.97. The Labute approximate surface area is 167 Å². The fraction of sp³-hybridized carbons (Fsp3) is 0.136. The standard InChI is InChI=1S/C22H18N4O3/c1-13-8-15(20-17(9-13)21(28)26(2)22(20)29)10-19(27)25-16-5-6-18(24-12-16)14-4-3-7-23-11-14/h3-9,11-12H,10H2,1-2H3,(H,25,27). The van der Waals surface area contributed by atoms with Crippen molar-refractivity contribution in [2.24, 2.45) is 0 Å². The minimum absolute atomic E-state index is 0.0127. The van der Waals surface area contributed by atoms with Gasteiger partial charge in [0.2, 0.25) is 5.91 Å². The van der Waals surface area contributed by atoms with Gasteiger partial charge in [0.05, 0.1) is 35.1 Å². The number of nitrogens with zero attached hydrogens (tertiary/aromatic N) is 3. The van der Waals surface area contributed by atoms with Crippen molar-refractivity contribution < 1.29 is 14.4 Å². The lowest BCUT2D eigenvalue weighted by Gasteiger charge is -2.09. The van der Waals surface area contributed by atoms with Gasteiger partial charge in [0.1, 0.15) is 0 Å². The third kappa shape index (κ3) is 3.50. The van der Waals surface area contributed by atoms with Crippen LogP contribution in [0.15, 0.2) is 55.0 Å². The normalized spacial score (nSPS) is 12.8. The quantitative estimate of drug-likeness (QED) is 0.696. The maximum absolute atomic E-state index is 12.6. The molecule has 0 spiro atoms. The van der Waals surface area contributed by atoms with Gasteiger partial charge in [-0.15, -0.1) is 0 Å². The molecule has 0 radical (unpaired) electrons. The third-order valence-electron chi connectivity index (χ3n) is 4.77. The maximum Gasteiger partial charge on any atom is 0.261 e. The Morgan fingerprint density at radius 2 is 1.93 bits per heavy atom. The summed E-state index contributed by atoms with van der Waals surface area (Å²) in [6.45, 7) is 1.83. The number of nitrogens with one attached hydrogen (secondary N) is 1. The highest BCUT2D eigenvalue weighted by molar-refractivity contribution is 6.22. The number of aryl methyl sites for hydroxylation is 1. The highest BCUT2D eigenvalue weighted by atomic mass is 16.2. The molecule has 1 aliphatic heterocycles. The highest BCUT2D eigenvalue weighted by Crippen LogP contribution is 2.27. The van der Waals surface area contributed by atoms with E-state index in [1.54, 1.807) is 42.9 Å². The Morgan fingerprint density at radius 3 is 2.62 bits per heavy atom. The number of benzene rings is 1. The summed E-state index contributed by atoms with van der Waals surface area (Å²) in [5, 5.41) is 2.79. The molecule has 2 aromatic heterocycles. The monoisotopic (exact) mass is 386 g/mol. The molecule has 29 heavy (non-hydrogen) atoms. The van der Waals surface area contributed by atoms with Gasteiger partial charge in [0, 0.05) is 25.0 Å². The van der Waals surface area contributed by atoms with E-state index in [0.29, 0.717) is 22.4 Å². The van der Waals surface area contributed by atoms with Crippen LogP contribution in [0.2, 0.25) is 0 Å². The van der Waals surface area contributed by atoms with Crippen molar-refractivity contribution in [3.63, 3.8) is 0 Å². The fourth-order valence-electron chi connectivity index (χ4n) is 3.39. The first kappa shape index (κ1) is 18.5. The average molecular weight is 386 g/mol. The van der Waals surface area contributed by atoms with Crippen LogP contribution in [0.3, 0.4) is 0 Å². The van der Waals surface area contributed by atoms with Gasteiger partial charge in [-0.3, -0.25) is 29.3 Å². The Hall–Kier alpha value is -3.87. The molecule has 7 heteroatoms.